The van der Waals surface area contributed by atoms with Crippen molar-refractivity contribution in [1.82, 2.24) is 15.5 Å². The third-order valence-corrected chi connectivity index (χ3v) is 5.72. The average Bonchev–Trinajstić information content (AvgIpc) is 2.79. The van der Waals surface area contributed by atoms with Crippen molar-refractivity contribution in [3.63, 3.8) is 0 Å². The van der Waals surface area contributed by atoms with Crippen molar-refractivity contribution in [3.8, 4) is 5.75 Å². The number of likely N-dealkylation sites (tertiary alicyclic amines) is 1. The molecule has 1 aliphatic rings. The Morgan fingerprint density at radius 2 is 1.88 bits per heavy atom. The molecule has 0 spiro atoms. The van der Waals surface area contributed by atoms with E-state index >= 15 is 0 Å². The number of nitrogens with zero attached hydrogens (tertiary/aromatic N) is 1. The second-order valence-electron chi connectivity index (χ2n) is 8.38. The highest BCUT2D eigenvalue weighted by atomic mass is 16.5. The maximum absolute atomic E-state index is 12.5. The molecule has 0 aromatic heterocycles. The van der Waals surface area contributed by atoms with E-state index in [2.05, 4.69) is 46.7 Å². The van der Waals surface area contributed by atoms with Gasteiger partial charge in [0, 0.05) is 31.8 Å². The maximum Gasteiger partial charge on any atom is 0.244 e. The molecular formula is C26H33N3O3. The summed E-state index contributed by atoms with van der Waals surface area (Å²) < 4.78 is 5.12. The Hall–Kier alpha value is -3.12. The molecule has 0 bridgehead atoms. The first-order valence-corrected chi connectivity index (χ1v) is 11.1. The van der Waals surface area contributed by atoms with Gasteiger partial charge in [-0.2, -0.15) is 0 Å². The molecule has 2 N–H and O–H groups in total. The van der Waals surface area contributed by atoms with E-state index in [1.54, 1.807) is 20.1 Å². The van der Waals surface area contributed by atoms with E-state index < -0.39 is 6.04 Å². The lowest BCUT2D eigenvalue weighted by molar-refractivity contribution is -0.127. The highest BCUT2D eigenvalue weighted by Crippen LogP contribution is 2.15. The molecule has 2 amide bonds. The molecule has 3 rings (SSSR count). The predicted octanol–water partition coefficient (Wildman–Crippen LogP) is 3.30. The number of carbonyl (C=O) groups is 2. The van der Waals surface area contributed by atoms with Gasteiger partial charge in [0.1, 0.15) is 11.8 Å². The van der Waals surface area contributed by atoms with Crippen LogP contribution < -0.4 is 15.4 Å². The van der Waals surface area contributed by atoms with Gasteiger partial charge in [0.15, 0.2) is 0 Å². The fraction of sp³-hybridized carbons (Fsp3) is 0.385. The third-order valence-electron chi connectivity index (χ3n) is 5.72. The number of amides is 2. The number of piperidine rings is 1. The quantitative estimate of drug-likeness (QED) is 0.624. The van der Waals surface area contributed by atoms with Crippen LogP contribution in [0.15, 0.2) is 54.6 Å². The molecule has 1 saturated heterocycles. The number of ether oxygens (including phenoxy) is 1. The molecule has 1 unspecified atom stereocenters. The molecule has 1 heterocycles. The van der Waals surface area contributed by atoms with Gasteiger partial charge in [0.05, 0.1) is 7.11 Å². The summed E-state index contributed by atoms with van der Waals surface area (Å²) in [6.45, 7) is 6.66. The number of carbonyl (C=O) groups excluding carboxylic acids is 2. The number of rotatable bonds is 8. The van der Waals surface area contributed by atoms with Crippen LogP contribution in [0.2, 0.25) is 0 Å². The smallest absolute Gasteiger partial charge is 0.244 e. The van der Waals surface area contributed by atoms with E-state index in [9.17, 15) is 9.59 Å². The van der Waals surface area contributed by atoms with Gasteiger partial charge in [-0.05, 0) is 56.0 Å². The Morgan fingerprint density at radius 1 is 1.16 bits per heavy atom. The zero-order chi connectivity index (χ0) is 22.9. The van der Waals surface area contributed by atoms with Gasteiger partial charge >= 0.3 is 0 Å². The normalized spacial score (nSPS) is 16.0. The summed E-state index contributed by atoms with van der Waals surface area (Å²) in [6.07, 6.45) is 4.98. The largest absolute Gasteiger partial charge is 0.497 e. The fourth-order valence-corrected chi connectivity index (χ4v) is 3.84. The standard InChI is InChI=1S/C26H33N3O3/c1-19-5-4-6-22(17-19)18-29-15-13-23(14-16-29)28-26(31)20(2)27-25(30)12-9-21-7-10-24(32-3)11-8-21/h4-12,17,20,23H,13-16,18H2,1-3H3,(H,27,30)(H,28,31)/b12-9+. The van der Waals surface area contributed by atoms with Gasteiger partial charge in [-0.3, -0.25) is 14.5 Å². The van der Waals surface area contributed by atoms with Gasteiger partial charge in [0.25, 0.3) is 0 Å². The molecule has 32 heavy (non-hydrogen) atoms. The van der Waals surface area contributed by atoms with Crippen molar-refractivity contribution in [2.24, 2.45) is 0 Å². The van der Waals surface area contributed by atoms with Gasteiger partial charge in [0.2, 0.25) is 11.8 Å². The minimum Gasteiger partial charge on any atom is -0.497 e. The van der Waals surface area contributed by atoms with Crippen LogP contribution in [0.3, 0.4) is 0 Å². The van der Waals surface area contributed by atoms with Crippen LogP contribution in [0.4, 0.5) is 0 Å². The van der Waals surface area contributed by atoms with Crippen LogP contribution in [-0.2, 0) is 16.1 Å². The van der Waals surface area contributed by atoms with E-state index in [1.165, 1.54) is 17.2 Å². The molecule has 0 aliphatic carbocycles. The average molecular weight is 436 g/mol. The monoisotopic (exact) mass is 435 g/mol. The van der Waals surface area contributed by atoms with Crippen molar-refractivity contribution < 1.29 is 14.3 Å². The van der Waals surface area contributed by atoms with E-state index in [-0.39, 0.29) is 17.9 Å². The van der Waals surface area contributed by atoms with Crippen LogP contribution in [0.1, 0.15) is 36.5 Å². The first-order chi connectivity index (χ1) is 15.4. The summed E-state index contributed by atoms with van der Waals surface area (Å²) in [6, 6.07) is 15.5. The molecule has 1 atom stereocenters. The lowest BCUT2D eigenvalue weighted by atomic mass is 10.0. The van der Waals surface area contributed by atoms with Crippen molar-refractivity contribution in [3.05, 3.63) is 71.3 Å². The number of methoxy groups -OCH3 is 1. The lowest BCUT2D eigenvalue weighted by Gasteiger charge is -2.33. The second kappa shape index (κ2) is 11.5. The predicted molar refractivity (Wildman–Crippen MR) is 127 cm³/mol. The Morgan fingerprint density at radius 3 is 2.53 bits per heavy atom. The summed E-state index contributed by atoms with van der Waals surface area (Å²) in [5.41, 5.74) is 3.49. The number of aryl methyl sites for hydroxylation is 1. The minimum absolute atomic E-state index is 0.144. The zero-order valence-corrected chi connectivity index (χ0v) is 19.1. The SMILES string of the molecule is COc1ccc(/C=C/C(=O)NC(C)C(=O)NC2CCN(Cc3cccc(C)c3)CC2)cc1. The van der Waals surface area contributed by atoms with Gasteiger partial charge < -0.3 is 15.4 Å². The Balaban J connectivity index is 1.39. The van der Waals surface area contributed by atoms with Crippen molar-refractivity contribution in [2.45, 2.75) is 45.3 Å². The molecule has 2 aromatic carbocycles. The molecule has 0 saturated carbocycles. The molecule has 1 aliphatic heterocycles. The number of hydrogen-bond acceptors (Lipinski definition) is 4. The molecule has 6 nitrogen and oxygen atoms in total. The van der Waals surface area contributed by atoms with Crippen molar-refractivity contribution in [2.75, 3.05) is 20.2 Å². The van der Waals surface area contributed by atoms with Crippen LogP contribution >= 0.6 is 0 Å². The maximum atomic E-state index is 12.5. The Bertz CT molecular complexity index is 932. The van der Waals surface area contributed by atoms with Gasteiger partial charge in [-0.1, -0.05) is 42.0 Å². The summed E-state index contributed by atoms with van der Waals surface area (Å²) in [5.74, 6) is 0.322. The van der Waals surface area contributed by atoms with E-state index in [0.717, 1.165) is 43.8 Å². The van der Waals surface area contributed by atoms with Crippen molar-refractivity contribution in [1.29, 1.82) is 0 Å². The highest BCUT2D eigenvalue weighted by molar-refractivity contribution is 5.95. The number of benzene rings is 2. The van der Waals surface area contributed by atoms with Crippen molar-refractivity contribution >= 4 is 17.9 Å². The van der Waals surface area contributed by atoms with Gasteiger partial charge in [-0.25, -0.2) is 0 Å². The summed E-state index contributed by atoms with van der Waals surface area (Å²) in [4.78, 5) is 27.1. The Labute approximate surface area is 190 Å². The van der Waals surface area contributed by atoms with Crippen LogP contribution in [0, 0.1) is 6.92 Å². The van der Waals surface area contributed by atoms with Gasteiger partial charge in [-0.15, -0.1) is 0 Å². The highest BCUT2D eigenvalue weighted by Gasteiger charge is 2.23. The number of hydrogen-bond donors (Lipinski definition) is 2. The second-order valence-corrected chi connectivity index (χ2v) is 8.38. The minimum atomic E-state index is -0.589. The number of nitrogens with one attached hydrogen (secondary N) is 2. The fourth-order valence-electron chi connectivity index (χ4n) is 3.84. The summed E-state index contributed by atoms with van der Waals surface area (Å²) >= 11 is 0. The van der Waals surface area contributed by atoms with Crippen LogP contribution in [-0.4, -0.2) is 49.0 Å². The molecule has 1 fully saturated rings. The topological polar surface area (TPSA) is 70.7 Å². The molecule has 0 radical (unpaired) electrons. The molecule has 6 heteroatoms. The van der Waals surface area contributed by atoms with E-state index in [0.29, 0.717) is 0 Å². The molecule has 2 aromatic rings. The molecule has 170 valence electrons. The van der Waals surface area contributed by atoms with Crippen LogP contribution in [0.5, 0.6) is 5.75 Å². The summed E-state index contributed by atoms with van der Waals surface area (Å²) in [7, 11) is 1.61. The molecular weight excluding hydrogens is 402 g/mol. The van der Waals surface area contributed by atoms with E-state index in [4.69, 9.17) is 4.74 Å². The van der Waals surface area contributed by atoms with Crippen LogP contribution in [0.25, 0.3) is 6.08 Å². The summed E-state index contributed by atoms with van der Waals surface area (Å²) in [5, 5.41) is 5.82. The lowest BCUT2D eigenvalue weighted by Crippen LogP contribution is -2.50. The van der Waals surface area contributed by atoms with E-state index in [1.807, 2.05) is 24.3 Å². The first-order valence-electron chi connectivity index (χ1n) is 11.1. The zero-order valence-electron chi connectivity index (χ0n) is 19.1. The Kier molecular flexibility index (Phi) is 8.45. The first kappa shape index (κ1) is 23.5. The third kappa shape index (κ3) is 7.24.